The maximum atomic E-state index is 13.1. The number of aliphatic hydroxyl groups excluding tert-OH is 1. The lowest BCUT2D eigenvalue weighted by Gasteiger charge is -2.21. The van der Waals surface area contributed by atoms with Crippen LogP contribution < -0.4 is 0 Å². The largest absolute Gasteiger partial charge is 0.472 e. The van der Waals surface area contributed by atoms with Crippen LogP contribution in [0.4, 0.5) is 0 Å². The van der Waals surface area contributed by atoms with Crippen LogP contribution in [0.5, 0.6) is 0 Å². The fourth-order valence-electron chi connectivity index (χ4n) is 12.7. The zero-order valence-corrected chi connectivity index (χ0v) is 69.0. The minimum Gasteiger partial charge on any atom is -0.462 e. The second-order valence-electron chi connectivity index (χ2n) is 31.3. The minimum atomic E-state index is -4.97. The van der Waals surface area contributed by atoms with Crippen molar-refractivity contribution in [3.63, 3.8) is 0 Å². The Labute approximate surface area is 626 Å². The Morgan fingerprint density at radius 3 is 0.696 bits per heavy atom. The molecule has 7 atom stereocenters. The third-order valence-electron chi connectivity index (χ3n) is 20.0. The summed E-state index contributed by atoms with van der Waals surface area (Å²) in [4.78, 5) is 73.1. The van der Waals surface area contributed by atoms with Crippen molar-refractivity contribution in [2.75, 3.05) is 39.6 Å². The zero-order chi connectivity index (χ0) is 75.3. The number of phosphoric ester groups is 2. The van der Waals surface area contributed by atoms with Crippen LogP contribution >= 0.6 is 15.6 Å². The van der Waals surface area contributed by atoms with Gasteiger partial charge in [-0.1, -0.05) is 376 Å². The number of carbonyl (C=O) groups is 4. The minimum absolute atomic E-state index is 0.105. The van der Waals surface area contributed by atoms with Gasteiger partial charge in [-0.2, -0.15) is 0 Å². The van der Waals surface area contributed by atoms with E-state index in [0.717, 1.165) is 114 Å². The molecule has 0 aliphatic heterocycles. The van der Waals surface area contributed by atoms with E-state index in [0.29, 0.717) is 25.7 Å². The molecule has 0 aliphatic carbocycles. The van der Waals surface area contributed by atoms with Gasteiger partial charge in [0, 0.05) is 25.7 Å². The second kappa shape index (κ2) is 72.0. The molecule has 0 radical (unpaired) electrons. The fraction of sp³-hybridized carbons (Fsp3) is 0.952. The van der Waals surface area contributed by atoms with Crippen LogP contribution in [0, 0.1) is 23.7 Å². The Hall–Kier alpha value is -1.94. The molecule has 0 bridgehead atoms. The van der Waals surface area contributed by atoms with Crippen LogP contribution in [-0.4, -0.2) is 96.7 Å². The van der Waals surface area contributed by atoms with Gasteiger partial charge in [-0.25, -0.2) is 9.13 Å². The molecule has 0 heterocycles. The van der Waals surface area contributed by atoms with Crippen LogP contribution in [0.25, 0.3) is 0 Å². The number of hydrogen-bond acceptors (Lipinski definition) is 15. The molecule has 0 aromatic rings. The highest BCUT2D eigenvalue weighted by Crippen LogP contribution is 2.45. The maximum absolute atomic E-state index is 13.1. The molecule has 102 heavy (non-hydrogen) atoms. The van der Waals surface area contributed by atoms with E-state index in [9.17, 15) is 43.2 Å². The van der Waals surface area contributed by atoms with Gasteiger partial charge in [0.1, 0.15) is 19.3 Å². The third-order valence-corrected chi connectivity index (χ3v) is 21.9. The Bertz CT molecular complexity index is 1990. The van der Waals surface area contributed by atoms with Crippen molar-refractivity contribution in [1.82, 2.24) is 0 Å². The molecule has 4 unspecified atom stereocenters. The molecule has 606 valence electrons. The zero-order valence-electron chi connectivity index (χ0n) is 67.2. The lowest BCUT2D eigenvalue weighted by Crippen LogP contribution is -2.30. The van der Waals surface area contributed by atoms with E-state index in [4.69, 9.17) is 37.0 Å². The van der Waals surface area contributed by atoms with Crippen LogP contribution in [0.15, 0.2) is 0 Å². The normalized spacial score (nSPS) is 14.5. The predicted molar refractivity (Wildman–Crippen MR) is 418 cm³/mol. The van der Waals surface area contributed by atoms with Crippen molar-refractivity contribution >= 4 is 39.5 Å². The van der Waals surface area contributed by atoms with Gasteiger partial charge in [-0.15, -0.1) is 0 Å². The van der Waals surface area contributed by atoms with Crippen LogP contribution in [0.1, 0.15) is 428 Å². The topological polar surface area (TPSA) is 237 Å². The Morgan fingerprint density at radius 1 is 0.275 bits per heavy atom. The van der Waals surface area contributed by atoms with E-state index in [-0.39, 0.29) is 25.7 Å². The number of esters is 4. The Kier molecular flexibility index (Phi) is 70.6. The molecule has 0 spiro atoms. The van der Waals surface area contributed by atoms with E-state index >= 15 is 0 Å². The quantitative estimate of drug-likeness (QED) is 0.0222. The standard InChI is InChI=1S/C83H162O17P2/c1-9-75(7)61-53-45-37-29-22-18-15-16-19-23-30-39-47-55-63-80(85)93-69-78(99-82(87)65-57-49-41-31-24-20-14-12-11-13-17-21-27-35-43-51-59-73(3)4)71-97-101(89,90)95-67-77(84)68-96-102(91,92)98-72-79(70-94-81(86)64-56-48-40-34-33-38-46-54-62-76(8)10-2)100-83(88)66-58-50-42-32-26-25-28-36-44-52-60-74(5)6/h73-79,84H,9-72H2,1-8H3,(H,89,90)(H,91,92)/t75?,76?,77-,78-,79-/m1/s1. The summed E-state index contributed by atoms with van der Waals surface area (Å²) < 4.78 is 68.8. The number of unbranched alkanes of at least 4 members (excludes halogenated alkanes) is 44. The molecule has 0 amide bonds. The Balaban J connectivity index is 5.26. The molecular weight excluding hydrogens is 1330 g/mol. The molecule has 3 N–H and O–H groups in total. The summed E-state index contributed by atoms with van der Waals surface area (Å²) in [6.07, 6.45) is 59.5. The number of carbonyl (C=O) groups excluding carboxylic acids is 4. The summed E-state index contributed by atoms with van der Waals surface area (Å²) in [5.74, 6) is 1.08. The second-order valence-corrected chi connectivity index (χ2v) is 34.2. The predicted octanol–water partition coefficient (Wildman–Crippen LogP) is 24.8. The average Bonchev–Trinajstić information content (AvgIpc) is 0.926. The molecule has 0 saturated carbocycles. The number of hydrogen-bond donors (Lipinski definition) is 3. The first kappa shape index (κ1) is 100. The van der Waals surface area contributed by atoms with Crippen molar-refractivity contribution in [3.8, 4) is 0 Å². The summed E-state index contributed by atoms with van der Waals surface area (Å²) in [6, 6.07) is 0. The van der Waals surface area contributed by atoms with Crippen molar-refractivity contribution < 1.29 is 80.2 Å². The van der Waals surface area contributed by atoms with Crippen molar-refractivity contribution in [2.45, 2.75) is 446 Å². The summed E-state index contributed by atoms with van der Waals surface area (Å²) >= 11 is 0. The van der Waals surface area contributed by atoms with Crippen LogP contribution in [0.3, 0.4) is 0 Å². The van der Waals surface area contributed by atoms with E-state index in [2.05, 4.69) is 55.4 Å². The lowest BCUT2D eigenvalue weighted by molar-refractivity contribution is -0.161. The Morgan fingerprint density at radius 2 is 0.471 bits per heavy atom. The SMILES string of the molecule is CCC(C)CCCCCCCCCCCCCCCCC(=O)OC[C@H](COP(=O)(O)OC[C@@H](O)COP(=O)(O)OC[C@@H](COC(=O)CCCCCCCCCCC(C)CC)OC(=O)CCCCCCCCCCCCC(C)C)OC(=O)CCCCCCCCCCCCCCCCCCC(C)C. The van der Waals surface area contributed by atoms with Crippen LogP contribution in [-0.2, 0) is 65.4 Å². The molecular formula is C83H162O17P2. The number of aliphatic hydroxyl groups is 1. The monoisotopic (exact) mass is 1490 g/mol. The molecule has 0 aromatic carbocycles. The first-order valence-corrected chi connectivity index (χ1v) is 45.8. The molecule has 17 nitrogen and oxygen atoms in total. The van der Waals surface area contributed by atoms with Gasteiger partial charge >= 0.3 is 39.5 Å². The molecule has 0 saturated heterocycles. The van der Waals surface area contributed by atoms with Gasteiger partial charge in [-0.05, 0) is 49.4 Å². The maximum Gasteiger partial charge on any atom is 0.472 e. The smallest absolute Gasteiger partial charge is 0.462 e. The summed E-state index contributed by atoms with van der Waals surface area (Å²) in [6.45, 7) is 14.3. The molecule has 0 fully saturated rings. The van der Waals surface area contributed by atoms with Gasteiger partial charge in [0.25, 0.3) is 0 Å². The van der Waals surface area contributed by atoms with Crippen molar-refractivity contribution in [1.29, 1.82) is 0 Å². The van der Waals surface area contributed by atoms with Gasteiger partial charge in [0.15, 0.2) is 12.2 Å². The number of rotatable bonds is 80. The molecule has 0 aromatic heterocycles. The molecule has 19 heteroatoms. The first-order valence-electron chi connectivity index (χ1n) is 42.8. The highest BCUT2D eigenvalue weighted by molar-refractivity contribution is 7.47. The van der Waals surface area contributed by atoms with Gasteiger partial charge < -0.3 is 33.8 Å². The van der Waals surface area contributed by atoms with E-state index < -0.39 is 97.5 Å². The van der Waals surface area contributed by atoms with Gasteiger partial charge in [0.05, 0.1) is 26.4 Å². The molecule has 0 aliphatic rings. The van der Waals surface area contributed by atoms with E-state index in [1.807, 2.05) is 0 Å². The van der Waals surface area contributed by atoms with Crippen molar-refractivity contribution in [3.05, 3.63) is 0 Å². The summed E-state index contributed by atoms with van der Waals surface area (Å²) in [7, 11) is -9.93. The number of phosphoric acid groups is 2. The van der Waals surface area contributed by atoms with E-state index in [1.54, 1.807) is 0 Å². The van der Waals surface area contributed by atoms with E-state index in [1.165, 1.54) is 231 Å². The fourth-order valence-corrected chi connectivity index (χ4v) is 14.3. The highest BCUT2D eigenvalue weighted by Gasteiger charge is 2.30. The highest BCUT2D eigenvalue weighted by atomic mass is 31.2. The third kappa shape index (κ3) is 73.6. The summed E-state index contributed by atoms with van der Waals surface area (Å²) in [5, 5.41) is 10.7. The van der Waals surface area contributed by atoms with Gasteiger partial charge in [-0.3, -0.25) is 37.3 Å². The van der Waals surface area contributed by atoms with Crippen LogP contribution in [0.2, 0.25) is 0 Å². The first-order chi connectivity index (χ1) is 49.2. The van der Waals surface area contributed by atoms with Crippen molar-refractivity contribution in [2.24, 2.45) is 23.7 Å². The number of ether oxygens (including phenoxy) is 4. The summed E-state index contributed by atoms with van der Waals surface area (Å²) in [5.41, 5.74) is 0. The lowest BCUT2D eigenvalue weighted by atomic mass is 9.99. The van der Waals surface area contributed by atoms with Gasteiger partial charge in [0.2, 0.25) is 0 Å². The average molecular weight is 1490 g/mol. The molecule has 0 rings (SSSR count).